The highest BCUT2D eigenvalue weighted by Gasteiger charge is 2.16. The van der Waals surface area contributed by atoms with Gasteiger partial charge in [0.1, 0.15) is 12.2 Å². The molecular formula is C20H19NO5. The van der Waals surface area contributed by atoms with Crippen LogP contribution in [0.2, 0.25) is 0 Å². The summed E-state index contributed by atoms with van der Waals surface area (Å²) in [5.41, 5.74) is 1.10. The fraction of sp³-hybridized carbons (Fsp3) is 0.200. The second kappa shape index (κ2) is 7.74. The predicted molar refractivity (Wildman–Crippen MR) is 97.9 cm³/mol. The summed E-state index contributed by atoms with van der Waals surface area (Å²) in [5, 5.41) is 0.336. The van der Waals surface area contributed by atoms with Crippen molar-refractivity contribution in [1.82, 2.24) is 4.98 Å². The number of hydrogen-bond donors (Lipinski definition) is 1. The molecule has 0 bridgehead atoms. The van der Waals surface area contributed by atoms with Gasteiger partial charge in [-0.15, -0.1) is 0 Å². The van der Waals surface area contributed by atoms with Crippen molar-refractivity contribution in [2.75, 3.05) is 13.7 Å². The highest BCUT2D eigenvalue weighted by atomic mass is 16.5. The van der Waals surface area contributed by atoms with E-state index in [4.69, 9.17) is 9.47 Å². The first-order chi connectivity index (χ1) is 12.6. The van der Waals surface area contributed by atoms with Gasteiger partial charge in [-0.05, 0) is 18.6 Å². The molecule has 1 N–H and O–H groups in total. The third kappa shape index (κ3) is 3.54. The number of carbonyl (C=O) groups is 1. The van der Waals surface area contributed by atoms with E-state index >= 15 is 0 Å². The molecule has 0 saturated carbocycles. The van der Waals surface area contributed by atoms with Crippen LogP contribution in [0, 0.1) is 0 Å². The van der Waals surface area contributed by atoms with Gasteiger partial charge in [-0.25, -0.2) is 4.79 Å². The van der Waals surface area contributed by atoms with Gasteiger partial charge in [0.15, 0.2) is 11.5 Å². The average molecular weight is 353 g/mol. The van der Waals surface area contributed by atoms with Gasteiger partial charge >= 0.3 is 5.97 Å². The van der Waals surface area contributed by atoms with Crippen molar-refractivity contribution in [3.8, 4) is 11.5 Å². The Labute approximate surface area is 150 Å². The van der Waals surface area contributed by atoms with Crippen LogP contribution in [0.5, 0.6) is 11.5 Å². The van der Waals surface area contributed by atoms with E-state index in [1.165, 1.54) is 13.3 Å². The van der Waals surface area contributed by atoms with Gasteiger partial charge in [0.05, 0.1) is 24.6 Å². The number of hydrogen-bond acceptors (Lipinski definition) is 5. The molecule has 0 unspecified atom stereocenters. The van der Waals surface area contributed by atoms with E-state index in [2.05, 4.69) is 9.72 Å². The molecule has 0 spiro atoms. The Hall–Kier alpha value is -3.28. The lowest BCUT2D eigenvalue weighted by Gasteiger charge is -2.13. The molecule has 6 heteroatoms. The molecule has 26 heavy (non-hydrogen) atoms. The topological polar surface area (TPSA) is 77.6 Å². The molecule has 1 heterocycles. The van der Waals surface area contributed by atoms with Crippen molar-refractivity contribution in [3.05, 3.63) is 70.0 Å². The molecule has 3 rings (SSSR count). The SMILES string of the molecule is CCOc1cc2c(=O)c(C(=O)OC)c[nH]c2cc1OCc1ccccc1. The summed E-state index contributed by atoms with van der Waals surface area (Å²) >= 11 is 0. The fourth-order valence-electron chi connectivity index (χ4n) is 2.61. The number of H-pyrrole nitrogens is 1. The Kier molecular flexibility index (Phi) is 5.22. The van der Waals surface area contributed by atoms with E-state index in [1.54, 1.807) is 12.1 Å². The van der Waals surface area contributed by atoms with Crippen molar-refractivity contribution in [2.45, 2.75) is 13.5 Å². The zero-order valence-corrected chi connectivity index (χ0v) is 14.6. The lowest BCUT2D eigenvalue weighted by atomic mass is 10.1. The Morgan fingerprint density at radius 1 is 1.08 bits per heavy atom. The highest BCUT2D eigenvalue weighted by Crippen LogP contribution is 2.31. The first-order valence-electron chi connectivity index (χ1n) is 8.21. The summed E-state index contributed by atoms with van der Waals surface area (Å²) < 4.78 is 16.1. The molecule has 6 nitrogen and oxygen atoms in total. The summed E-state index contributed by atoms with van der Waals surface area (Å²) in [5.74, 6) is 0.281. The zero-order valence-electron chi connectivity index (χ0n) is 14.6. The summed E-state index contributed by atoms with van der Waals surface area (Å²) in [7, 11) is 1.23. The van der Waals surface area contributed by atoms with Crippen LogP contribution in [0.25, 0.3) is 10.9 Å². The molecule has 0 amide bonds. The Morgan fingerprint density at radius 2 is 1.81 bits per heavy atom. The summed E-state index contributed by atoms with van der Waals surface area (Å²) in [6.45, 7) is 2.64. The largest absolute Gasteiger partial charge is 0.490 e. The normalized spacial score (nSPS) is 10.5. The summed E-state index contributed by atoms with van der Waals surface area (Å²) in [6, 6.07) is 13.0. The molecule has 0 aliphatic heterocycles. The van der Waals surface area contributed by atoms with Crippen molar-refractivity contribution in [1.29, 1.82) is 0 Å². The van der Waals surface area contributed by atoms with Crippen molar-refractivity contribution >= 4 is 16.9 Å². The molecule has 134 valence electrons. The molecule has 0 saturated heterocycles. The van der Waals surface area contributed by atoms with Crippen LogP contribution in [0.4, 0.5) is 0 Å². The van der Waals surface area contributed by atoms with Gasteiger partial charge in [0.25, 0.3) is 0 Å². The molecular weight excluding hydrogens is 334 g/mol. The number of carbonyl (C=O) groups excluding carboxylic acids is 1. The van der Waals surface area contributed by atoms with Gasteiger partial charge < -0.3 is 19.2 Å². The lowest BCUT2D eigenvalue weighted by molar-refractivity contribution is 0.0599. The first kappa shape index (κ1) is 17.5. The number of methoxy groups -OCH3 is 1. The van der Waals surface area contributed by atoms with E-state index in [9.17, 15) is 9.59 Å². The number of esters is 1. The van der Waals surface area contributed by atoms with Crippen LogP contribution < -0.4 is 14.9 Å². The molecule has 0 atom stereocenters. The van der Waals surface area contributed by atoms with E-state index in [0.29, 0.717) is 35.6 Å². The van der Waals surface area contributed by atoms with E-state index in [0.717, 1.165) is 5.56 Å². The molecule has 0 aliphatic carbocycles. The Balaban J connectivity index is 2.02. The van der Waals surface area contributed by atoms with Crippen LogP contribution in [0.1, 0.15) is 22.8 Å². The van der Waals surface area contributed by atoms with Gasteiger partial charge in [-0.1, -0.05) is 30.3 Å². The quantitative estimate of drug-likeness (QED) is 0.688. The molecule has 3 aromatic rings. The fourth-order valence-corrected chi connectivity index (χ4v) is 2.61. The smallest absolute Gasteiger partial charge is 0.343 e. The minimum atomic E-state index is -0.685. The zero-order chi connectivity index (χ0) is 18.5. The number of nitrogens with one attached hydrogen (secondary N) is 1. The maximum Gasteiger partial charge on any atom is 0.343 e. The maximum absolute atomic E-state index is 12.6. The maximum atomic E-state index is 12.6. The second-order valence-corrected chi connectivity index (χ2v) is 5.57. The van der Waals surface area contributed by atoms with Gasteiger partial charge in [-0.3, -0.25) is 4.79 Å². The van der Waals surface area contributed by atoms with Crippen molar-refractivity contribution in [2.24, 2.45) is 0 Å². The van der Waals surface area contributed by atoms with Crippen molar-refractivity contribution in [3.63, 3.8) is 0 Å². The number of aromatic amines is 1. The highest BCUT2D eigenvalue weighted by molar-refractivity contribution is 5.94. The molecule has 0 radical (unpaired) electrons. The summed E-state index contributed by atoms with van der Waals surface area (Å²) in [4.78, 5) is 27.2. The van der Waals surface area contributed by atoms with E-state index < -0.39 is 11.4 Å². The Morgan fingerprint density at radius 3 is 2.50 bits per heavy atom. The molecule has 0 fully saturated rings. The van der Waals surface area contributed by atoms with E-state index in [1.807, 2.05) is 37.3 Å². The number of ether oxygens (including phenoxy) is 3. The monoisotopic (exact) mass is 353 g/mol. The van der Waals surface area contributed by atoms with Gasteiger partial charge in [0, 0.05) is 12.3 Å². The van der Waals surface area contributed by atoms with Crippen LogP contribution in [-0.4, -0.2) is 24.7 Å². The van der Waals surface area contributed by atoms with E-state index in [-0.39, 0.29) is 5.56 Å². The molecule has 0 aliphatic rings. The number of fused-ring (bicyclic) bond motifs is 1. The second-order valence-electron chi connectivity index (χ2n) is 5.57. The van der Waals surface area contributed by atoms with Crippen LogP contribution in [0.3, 0.4) is 0 Å². The third-order valence-electron chi connectivity index (χ3n) is 3.89. The number of pyridine rings is 1. The average Bonchev–Trinajstić information content (AvgIpc) is 2.67. The summed E-state index contributed by atoms with van der Waals surface area (Å²) in [6.07, 6.45) is 1.35. The van der Waals surface area contributed by atoms with Crippen molar-refractivity contribution < 1.29 is 19.0 Å². The predicted octanol–water partition coefficient (Wildman–Crippen LogP) is 3.29. The van der Waals surface area contributed by atoms with Crippen LogP contribution in [0.15, 0.2) is 53.5 Å². The molecule has 1 aromatic heterocycles. The minimum Gasteiger partial charge on any atom is -0.490 e. The van der Waals surface area contributed by atoms with Crippen LogP contribution >= 0.6 is 0 Å². The van der Waals surface area contributed by atoms with Gasteiger partial charge in [0.2, 0.25) is 5.43 Å². The first-order valence-corrected chi connectivity index (χ1v) is 8.21. The van der Waals surface area contributed by atoms with Crippen LogP contribution in [-0.2, 0) is 11.3 Å². The Bertz CT molecular complexity index is 979. The minimum absolute atomic E-state index is 0.0552. The lowest BCUT2D eigenvalue weighted by Crippen LogP contribution is -2.17. The standard InChI is InChI=1S/C20H19NO5/c1-3-25-17-9-14-16(21-11-15(19(14)22)20(23)24-2)10-18(17)26-12-13-7-5-4-6-8-13/h4-11H,3,12H2,1-2H3,(H,21,22). The number of rotatable bonds is 6. The number of aromatic nitrogens is 1. The third-order valence-corrected chi connectivity index (χ3v) is 3.89. The van der Waals surface area contributed by atoms with Gasteiger partial charge in [-0.2, -0.15) is 0 Å². The number of benzene rings is 2. The molecule has 2 aromatic carbocycles.